The average Bonchev–Trinajstić information content (AvgIpc) is 3.05. The van der Waals surface area contributed by atoms with Crippen LogP contribution in [0.1, 0.15) is 28.3 Å². The molecule has 0 aliphatic carbocycles. The summed E-state index contributed by atoms with van der Waals surface area (Å²) in [5.74, 6) is 1.83. The first-order valence-corrected chi connectivity index (χ1v) is 7.54. The largest absolute Gasteiger partial charge is 0.488 e. The van der Waals surface area contributed by atoms with E-state index in [4.69, 9.17) is 15.0 Å². The molecule has 3 aromatic rings. The third-order valence-electron chi connectivity index (χ3n) is 3.63. The minimum Gasteiger partial charge on any atom is -0.488 e. The molecule has 3 rings (SSSR count). The van der Waals surface area contributed by atoms with Crippen LogP contribution in [0.2, 0.25) is 0 Å². The lowest BCUT2D eigenvalue weighted by Gasteiger charge is -2.08. The third kappa shape index (κ3) is 3.29. The number of benzene rings is 1. The van der Waals surface area contributed by atoms with Gasteiger partial charge in [-0.25, -0.2) is 9.66 Å². The molecule has 2 N–H and O–H groups in total. The molecule has 7 nitrogen and oxygen atoms in total. The number of hydrogen-bond donors (Lipinski definition) is 1. The van der Waals surface area contributed by atoms with Crippen LogP contribution >= 0.6 is 0 Å². The summed E-state index contributed by atoms with van der Waals surface area (Å²) in [6.07, 6.45) is 3.46. The number of aromatic nitrogens is 3. The number of rotatable bonds is 5. The number of para-hydroxylation sites is 1. The van der Waals surface area contributed by atoms with Gasteiger partial charge in [0.25, 0.3) is 0 Å². The summed E-state index contributed by atoms with van der Waals surface area (Å²) < 4.78 is 12.6. The Hall–Kier alpha value is -3.09. The molecule has 7 heteroatoms. The quantitative estimate of drug-likeness (QED) is 0.728. The standard InChI is InChI=1S/C17H19N5O2/c1-11-9-22(17(18)20-11)19-8-14-6-4-5-7-16(14)23-10-15-12(2)21-24-13(15)3/h4-9H,10H2,1-3H3,(H2,18,20). The molecular weight excluding hydrogens is 306 g/mol. The molecule has 0 unspecified atom stereocenters. The van der Waals surface area contributed by atoms with Gasteiger partial charge in [0.2, 0.25) is 5.95 Å². The van der Waals surface area contributed by atoms with Gasteiger partial charge >= 0.3 is 0 Å². The number of aryl methyl sites for hydroxylation is 3. The van der Waals surface area contributed by atoms with Crippen molar-refractivity contribution in [1.82, 2.24) is 14.8 Å². The van der Waals surface area contributed by atoms with Crippen molar-refractivity contribution in [3.63, 3.8) is 0 Å². The molecule has 0 radical (unpaired) electrons. The summed E-state index contributed by atoms with van der Waals surface area (Å²) in [7, 11) is 0. The number of nitrogens with two attached hydrogens (primary N) is 1. The van der Waals surface area contributed by atoms with Gasteiger partial charge in [-0.2, -0.15) is 5.10 Å². The summed E-state index contributed by atoms with van der Waals surface area (Å²) in [6, 6.07) is 7.65. The van der Waals surface area contributed by atoms with E-state index in [2.05, 4.69) is 15.2 Å². The Morgan fingerprint density at radius 3 is 2.75 bits per heavy atom. The number of anilines is 1. The van der Waals surface area contributed by atoms with E-state index in [0.717, 1.165) is 34.0 Å². The monoisotopic (exact) mass is 325 g/mol. The summed E-state index contributed by atoms with van der Waals surface area (Å²) >= 11 is 0. The van der Waals surface area contributed by atoms with E-state index in [1.54, 1.807) is 12.4 Å². The van der Waals surface area contributed by atoms with Crippen LogP contribution in [0.4, 0.5) is 5.95 Å². The van der Waals surface area contributed by atoms with Gasteiger partial charge in [-0.1, -0.05) is 17.3 Å². The van der Waals surface area contributed by atoms with Crippen LogP contribution in [0, 0.1) is 20.8 Å². The van der Waals surface area contributed by atoms with Crippen molar-refractivity contribution in [1.29, 1.82) is 0 Å². The van der Waals surface area contributed by atoms with Crippen LogP contribution in [0.15, 0.2) is 40.1 Å². The van der Waals surface area contributed by atoms with Crippen molar-refractivity contribution in [2.24, 2.45) is 5.10 Å². The zero-order valence-electron chi connectivity index (χ0n) is 13.9. The highest BCUT2D eigenvalue weighted by atomic mass is 16.5. The van der Waals surface area contributed by atoms with Crippen LogP contribution in [0.25, 0.3) is 0 Å². The Balaban J connectivity index is 1.79. The molecule has 2 aromatic heterocycles. The lowest BCUT2D eigenvalue weighted by Crippen LogP contribution is -2.01. The summed E-state index contributed by atoms with van der Waals surface area (Å²) in [6.45, 7) is 6.02. The zero-order valence-corrected chi connectivity index (χ0v) is 13.9. The van der Waals surface area contributed by atoms with E-state index < -0.39 is 0 Å². The first-order chi connectivity index (χ1) is 11.5. The normalized spacial score (nSPS) is 11.3. The van der Waals surface area contributed by atoms with Crippen molar-refractivity contribution in [3.05, 3.63) is 58.7 Å². The maximum atomic E-state index is 5.92. The minimum absolute atomic E-state index is 0.345. The van der Waals surface area contributed by atoms with Crippen LogP contribution in [-0.2, 0) is 6.61 Å². The SMILES string of the molecule is Cc1cn(N=Cc2ccccc2OCc2c(C)noc2C)c(N)n1. The van der Waals surface area contributed by atoms with E-state index in [0.29, 0.717) is 12.6 Å². The number of nitrogen functional groups attached to an aromatic ring is 1. The second kappa shape index (κ2) is 6.57. The van der Waals surface area contributed by atoms with Gasteiger partial charge in [0, 0.05) is 5.56 Å². The van der Waals surface area contributed by atoms with Gasteiger partial charge in [0.15, 0.2) is 0 Å². The second-order valence-electron chi connectivity index (χ2n) is 5.46. The molecule has 124 valence electrons. The molecule has 24 heavy (non-hydrogen) atoms. The average molecular weight is 325 g/mol. The summed E-state index contributed by atoms with van der Waals surface area (Å²) in [5, 5.41) is 8.26. The van der Waals surface area contributed by atoms with E-state index >= 15 is 0 Å². The van der Waals surface area contributed by atoms with E-state index in [9.17, 15) is 0 Å². The van der Waals surface area contributed by atoms with Crippen molar-refractivity contribution < 1.29 is 9.26 Å². The van der Waals surface area contributed by atoms with Crippen molar-refractivity contribution in [2.75, 3.05) is 5.73 Å². The van der Waals surface area contributed by atoms with Crippen LogP contribution in [0.3, 0.4) is 0 Å². The molecule has 0 amide bonds. The van der Waals surface area contributed by atoms with Gasteiger partial charge < -0.3 is 15.0 Å². The smallest absolute Gasteiger partial charge is 0.221 e. The Kier molecular flexibility index (Phi) is 4.33. The number of ether oxygens (including phenoxy) is 1. The minimum atomic E-state index is 0.345. The predicted molar refractivity (Wildman–Crippen MR) is 91.1 cm³/mol. The van der Waals surface area contributed by atoms with Crippen molar-refractivity contribution in [3.8, 4) is 5.75 Å². The maximum Gasteiger partial charge on any atom is 0.221 e. The molecule has 0 aliphatic heterocycles. The zero-order chi connectivity index (χ0) is 17.1. The summed E-state index contributed by atoms with van der Waals surface area (Å²) in [5.41, 5.74) is 9.23. The molecule has 0 atom stereocenters. The molecule has 0 saturated heterocycles. The first-order valence-electron chi connectivity index (χ1n) is 7.54. The van der Waals surface area contributed by atoms with Gasteiger partial charge in [-0.15, -0.1) is 0 Å². The van der Waals surface area contributed by atoms with Crippen LogP contribution in [-0.4, -0.2) is 21.0 Å². The number of nitrogens with zero attached hydrogens (tertiary/aromatic N) is 4. The predicted octanol–water partition coefficient (Wildman–Crippen LogP) is 2.84. The van der Waals surface area contributed by atoms with Crippen molar-refractivity contribution in [2.45, 2.75) is 27.4 Å². The highest BCUT2D eigenvalue weighted by Gasteiger charge is 2.10. The summed E-state index contributed by atoms with van der Waals surface area (Å²) in [4.78, 5) is 4.11. The molecule has 1 aromatic carbocycles. The second-order valence-corrected chi connectivity index (χ2v) is 5.46. The molecule has 0 bridgehead atoms. The fourth-order valence-electron chi connectivity index (χ4n) is 2.30. The third-order valence-corrected chi connectivity index (χ3v) is 3.63. The van der Waals surface area contributed by atoms with Crippen LogP contribution < -0.4 is 10.5 Å². The molecular formula is C17H19N5O2. The molecule has 0 saturated carbocycles. The Bertz CT molecular complexity index is 859. The first kappa shape index (κ1) is 15.8. The molecule has 0 aliphatic rings. The lowest BCUT2D eigenvalue weighted by atomic mass is 10.2. The topological polar surface area (TPSA) is 91.5 Å². The van der Waals surface area contributed by atoms with E-state index in [-0.39, 0.29) is 0 Å². The fraction of sp³-hybridized carbons (Fsp3) is 0.235. The maximum absolute atomic E-state index is 5.92. The Morgan fingerprint density at radius 2 is 2.08 bits per heavy atom. The number of hydrogen-bond acceptors (Lipinski definition) is 6. The highest BCUT2D eigenvalue weighted by Crippen LogP contribution is 2.20. The van der Waals surface area contributed by atoms with Gasteiger partial charge in [-0.05, 0) is 32.9 Å². The number of imidazole rings is 1. The van der Waals surface area contributed by atoms with Gasteiger partial charge in [0.1, 0.15) is 18.1 Å². The Morgan fingerprint density at radius 1 is 1.29 bits per heavy atom. The van der Waals surface area contributed by atoms with Gasteiger partial charge in [-0.3, -0.25) is 0 Å². The van der Waals surface area contributed by atoms with E-state index in [1.165, 1.54) is 4.68 Å². The Labute approximate surface area is 139 Å². The van der Waals surface area contributed by atoms with Gasteiger partial charge in [0.05, 0.1) is 29.4 Å². The van der Waals surface area contributed by atoms with Crippen LogP contribution in [0.5, 0.6) is 5.75 Å². The van der Waals surface area contributed by atoms with Crippen molar-refractivity contribution >= 4 is 12.2 Å². The molecule has 0 fully saturated rings. The molecule has 2 heterocycles. The highest BCUT2D eigenvalue weighted by molar-refractivity contribution is 5.83. The van der Waals surface area contributed by atoms with E-state index in [1.807, 2.05) is 45.0 Å². The molecule has 0 spiro atoms. The fourth-order valence-corrected chi connectivity index (χ4v) is 2.30. The lowest BCUT2D eigenvalue weighted by molar-refractivity contribution is 0.301.